The van der Waals surface area contributed by atoms with E-state index in [4.69, 9.17) is 0 Å². The van der Waals surface area contributed by atoms with Crippen LogP contribution in [0.25, 0.3) is 0 Å². The molecule has 16 heavy (non-hydrogen) atoms. The summed E-state index contributed by atoms with van der Waals surface area (Å²) in [6.45, 7) is 3.85. The van der Waals surface area contributed by atoms with E-state index < -0.39 is 17.9 Å². The highest BCUT2D eigenvalue weighted by Crippen LogP contribution is 2.10. The minimum Gasteiger partial charge on any atom is -0.468 e. The average molecular weight is 226 g/mol. The summed E-state index contributed by atoms with van der Waals surface area (Å²) in [5.74, 6) is -2.03. The molecule has 4 nitrogen and oxygen atoms in total. The topological polar surface area (TPSA) is 52.6 Å². The third-order valence-electron chi connectivity index (χ3n) is 2.18. The Labute approximate surface area is 95.9 Å². The molecule has 0 aliphatic carbocycles. The number of allylic oxidation sites excluding steroid dienone is 4. The van der Waals surface area contributed by atoms with Crippen molar-refractivity contribution in [2.24, 2.45) is 5.92 Å². The molecule has 0 atom stereocenters. The minimum absolute atomic E-state index is 0.282. The summed E-state index contributed by atoms with van der Waals surface area (Å²) in [6, 6.07) is 0. The largest absolute Gasteiger partial charge is 0.468 e. The predicted molar refractivity (Wildman–Crippen MR) is 60.7 cm³/mol. The summed E-state index contributed by atoms with van der Waals surface area (Å²) >= 11 is 0. The van der Waals surface area contributed by atoms with Crippen molar-refractivity contribution in [1.82, 2.24) is 0 Å². The van der Waals surface area contributed by atoms with Crippen LogP contribution >= 0.6 is 0 Å². The number of esters is 2. The van der Waals surface area contributed by atoms with Gasteiger partial charge in [-0.05, 0) is 20.3 Å². The molecule has 0 saturated carbocycles. The molecule has 0 amide bonds. The molecule has 0 aromatic heterocycles. The molecule has 0 N–H and O–H groups in total. The van der Waals surface area contributed by atoms with Gasteiger partial charge in [-0.15, -0.1) is 0 Å². The lowest BCUT2D eigenvalue weighted by Gasteiger charge is -2.09. The van der Waals surface area contributed by atoms with E-state index in [-0.39, 0.29) is 6.42 Å². The van der Waals surface area contributed by atoms with Gasteiger partial charge in [-0.2, -0.15) is 0 Å². The Morgan fingerprint density at radius 2 is 1.69 bits per heavy atom. The SMILES string of the molecule is CC=C(C)C=CCC(C(=O)OC)C(=O)OC. The van der Waals surface area contributed by atoms with Crippen molar-refractivity contribution >= 4 is 11.9 Å². The fourth-order valence-corrected chi connectivity index (χ4v) is 1.06. The number of carbonyl (C=O) groups is 2. The number of carbonyl (C=O) groups excluding carboxylic acids is 2. The normalized spacial score (nSPS) is 11.9. The van der Waals surface area contributed by atoms with Gasteiger partial charge >= 0.3 is 11.9 Å². The van der Waals surface area contributed by atoms with Crippen molar-refractivity contribution in [3.8, 4) is 0 Å². The standard InChI is InChI=1S/C12H18O4/c1-5-9(2)7-6-8-10(11(13)15-3)12(14)16-4/h5-7,10H,8H2,1-4H3. The second-order valence-electron chi connectivity index (χ2n) is 3.27. The summed E-state index contributed by atoms with van der Waals surface area (Å²) in [5, 5.41) is 0. The smallest absolute Gasteiger partial charge is 0.320 e. The van der Waals surface area contributed by atoms with Gasteiger partial charge in [0.15, 0.2) is 5.92 Å². The molecule has 0 aromatic rings. The highest BCUT2D eigenvalue weighted by molar-refractivity contribution is 5.94. The molecule has 0 saturated heterocycles. The molecule has 0 aromatic carbocycles. The van der Waals surface area contributed by atoms with Crippen molar-refractivity contribution in [3.63, 3.8) is 0 Å². The maximum Gasteiger partial charge on any atom is 0.320 e. The Bertz CT molecular complexity index is 286. The van der Waals surface area contributed by atoms with Crippen LogP contribution in [0.1, 0.15) is 20.3 Å². The Morgan fingerprint density at radius 1 is 1.19 bits per heavy atom. The maximum absolute atomic E-state index is 11.3. The molecular formula is C12H18O4. The van der Waals surface area contributed by atoms with Crippen LogP contribution in [-0.4, -0.2) is 26.2 Å². The van der Waals surface area contributed by atoms with Crippen molar-refractivity contribution in [3.05, 3.63) is 23.8 Å². The van der Waals surface area contributed by atoms with Crippen molar-refractivity contribution < 1.29 is 19.1 Å². The highest BCUT2D eigenvalue weighted by atomic mass is 16.5. The van der Waals surface area contributed by atoms with Gasteiger partial charge in [0.1, 0.15) is 0 Å². The first kappa shape index (κ1) is 14.4. The van der Waals surface area contributed by atoms with Gasteiger partial charge in [-0.25, -0.2) is 0 Å². The molecule has 0 aliphatic heterocycles. The van der Waals surface area contributed by atoms with E-state index >= 15 is 0 Å². The number of hydrogen-bond acceptors (Lipinski definition) is 4. The van der Waals surface area contributed by atoms with Gasteiger partial charge in [-0.3, -0.25) is 9.59 Å². The lowest BCUT2D eigenvalue weighted by Crippen LogP contribution is -2.25. The molecule has 0 heterocycles. The molecule has 0 bridgehead atoms. The molecule has 0 radical (unpaired) electrons. The van der Waals surface area contributed by atoms with E-state index in [1.807, 2.05) is 26.0 Å². The number of methoxy groups -OCH3 is 2. The molecule has 0 unspecified atom stereocenters. The van der Waals surface area contributed by atoms with E-state index in [1.165, 1.54) is 14.2 Å². The van der Waals surface area contributed by atoms with E-state index in [1.54, 1.807) is 6.08 Å². The number of rotatable bonds is 5. The van der Waals surface area contributed by atoms with Crippen LogP contribution in [0, 0.1) is 5.92 Å². The first-order valence-electron chi connectivity index (χ1n) is 5.01. The zero-order chi connectivity index (χ0) is 12.6. The van der Waals surface area contributed by atoms with Gasteiger partial charge in [0.2, 0.25) is 0 Å². The number of ether oxygens (including phenoxy) is 2. The van der Waals surface area contributed by atoms with Crippen LogP contribution < -0.4 is 0 Å². The maximum atomic E-state index is 11.3. The summed E-state index contributed by atoms with van der Waals surface area (Å²) in [5.41, 5.74) is 1.06. The first-order valence-corrected chi connectivity index (χ1v) is 5.01. The van der Waals surface area contributed by atoms with E-state index in [0.29, 0.717) is 0 Å². The molecular weight excluding hydrogens is 208 g/mol. The Morgan fingerprint density at radius 3 is 2.06 bits per heavy atom. The average Bonchev–Trinajstić information content (AvgIpc) is 2.32. The highest BCUT2D eigenvalue weighted by Gasteiger charge is 2.26. The van der Waals surface area contributed by atoms with Gasteiger partial charge in [0.25, 0.3) is 0 Å². The van der Waals surface area contributed by atoms with Crippen LogP contribution in [0.5, 0.6) is 0 Å². The molecule has 0 spiro atoms. The molecule has 90 valence electrons. The lowest BCUT2D eigenvalue weighted by atomic mass is 10.1. The van der Waals surface area contributed by atoms with Gasteiger partial charge in [0.05, 0.1) is 14.2 Å². The van der Waals surface area contributed by atoms with E-state index in [9.17, 15) is 9.59 Å². The molecule has 0 rings (SSSR count). The van der Waals surface area contributed by atoms with Crippen LogP contribution in [0.3, 0.4) is 0 Å². The monoisotopic (exact) mass is 226 g/mol. The van der Waals surface area contributed by atoms with Crippen molar-refractivity contribution in [2.75, 3.05) is 14.2 Å². The van der Waals surface area contributed by atoms with Crippen LogP contribution in [0.4, 0.5) is 0 Å². The predicted octanol–water partition coefficient (Wildman–Crippen LogP) is 1.86. The Hall–Kier alpha value is -1.58. The second-order valence-corrected chi connectivity index (χ2v) is 3.27. The quantitative estimate of drug-likeness (QED) is 0.408. The summed E-state index contributed by atoms with van der Waals surface area (Å²) in [4.78, 5) is 22.6. The zero-order valence-electron chi connectivity index (χ0n) is 10.1. The van der Waals surface area contributed by atoms with Crippen molar-refractivity contribution in [1.29, 1.82) is 0 Å². The fourth-order valence-electron chi connectivity index (χ4n) is 1.06. The van der Waals surface area contributed by atoms with Gasteiger partial charge in [0, 0.05) is 0 Å². The van der Waals surface area contributed by atoms with E-state index in [2.05, 4.69) is 9.47 Å². The summed E-state index contributed by atoms with van der Waals surface area (Å²) in [7, 11) is 2.50. The third kappa shape index (κ3) is 4.77. The third-order valence-corrected chi connectivity index (χ3v) is 2.18. The summed E-state index contributed by atoms with van der Waals surface area (Å²) in [6.07, 6.45) is 5.82. The first-order chi connectivity index (χ1) is 7.56. The van der Waals surface area contributed by atoms with E-state index in [0.717, 1.165) is 5.57 Å². The Balaban J connectivity index is 4.51. The zero-order valence-corrected chi connectivity index (χ0v) is 10.1. The van der Waals surface area contributed by atoms with Crippen LogP contribution in [-0.2, 0) is 19.1 Å². The fraction of sp³-hybridized carbons (Fsp3) is 0.500. The summed E-state index contributed by atoms with van der Waals surface area (Å²) < 4.78 is 9.06. The van der Waals surface area contributed by atoms with Gasteiger partial charge in [-0.1, -0.05) is 23.8 Å². The lowest BCUT2D eigenvalue weighted by molar-refractivity contribution is -0.158. The molecule has 0 fully saturated rings. The second kappa shape index (κ2) is 7.68. The van der Waals surface area contributed by atoms with Crippen LogP contribution in [0.15, 0.2) is 23.8 Å². The minimum atomic E-state index is -0.879. The van der Waals surface area contributed by atoms with Crippen LogP contribution in [0.2, 0.25) is 0 Å². The van der Waals surface area contributed by atoms with Crippen molar-refractivity contribution in [2.45, 2.75) is 20.3 Å². The number of hydrogen-bond donors (Lipinski definition) is 0. The van der Waals surface area contributed by atoms with Gasteiger partial charge < -0.3 is 9.47 Å². The molecule has 4 heteroatoms. The Kier molecular flexibility index (Phi) is 6.92. The molecule has 0 aliphatic rings.